The molecular weight excluding hydrogens is 1320 g/mol. The summed E-state index contributed by atoms with van der Waals surface area (Å²) in [5.74, 6) is -1.32. The van der Waals surface area contributed by atoms with Crippen molar-refractivity contribution in [1.82, 2.24) is 0 Å². The van der Waals surface area contributed by atoms with Crippen molar-refractivity contribution in [2.45, 2.75) is 457 Å². The van der Waals surface area contributed by atoms with Crippen LogP contribution in [0.15, 0.2) is 0 Å². The van der Waals surface area contributed by atoms with Crippen molar-refractivity contribution in [1.29, 1.82) is 0 Å². The number of hydrogen-bond donors (Lipinski definition) is 3. The fourth-order valence-corrected chi connectivity index (χ4v) is 14.3. The van der Waals surface area contributed by atoms with Crippen LogP contribution in [0.3, 0.4) is 0 Å². The van der Waals surface area contributed by atoms with Gasteiger partial charge >= 0.3 is 39.5 Å². The van der Waals surface area contributed by atoms with E-state index in [4.69, 9.17) is 37.0 Å². The van der Waals surface area contributed by atoms with Crippen molar-refractivity contribution in [3.8, 4) is 0 Å². The molecule has 0 aliphatic carbocycles. The third-order valence-corrected chi connectivity index (χ3v) is 21.2. The summed E-state index contributed by atoms with van der Waals surface area (Å²) in [5, 5.41) is 10.6. The number of ether oxygens (including phenoxy) is 4. The topological polar surface area (TPSA) is 237 Å². The van der Waals surface area contributed by atoms with E-state index >= 15 is 0 Å². The summed E-state index contributed by atoms with van der Waals surface area (Å²) in [7, 11) is -9.92. The van der Waals surface area contributed by atoms with Gasteiger partial charge in [-0.05, 0) is 31.6 Å². The summed E-state index contributed by atoms with van der Waals surface area (Å²) in [6, 6.07) is 0. The second-order valence-corrected chi connectivity index (χ2v) is 32.9. The Morgan fingerprint density at radius 3 is 0.673 bits per heavy atom. The molecule has 0 spiro atoms. The molecule has 0 heterocycles. The maximum Gasteiger partial charge on any atom is 0.472 e. The highest BCUT2D eigenvalue weighted by atomic mass is 31.2. The number of carbonyl (C=O) groups excluding carboxylic acids is 4. The number of aliphatic hydroxyl groups is 1. The molecule has 0 saturated carbocycles. The van der Waals surface area contributed by atoms with Crippen LogP contribution in [0.4, 0.5) is 0 Å². The smallest absolute Gasteiger partial charge is 0.462 e. The van der Waals surface area contributed by atoms with E-state index in [9.17, 15) is 43.2 Å². The van der Waals surface area contributed by atoms with E-state index in [0.29, 0.717) is 25.7 Å². The fraction of sp³-hybridized carbons (Fsp3) is 0.951. The van der Waals surface area contributed by atoms with Crippen LogP contribution < -0.4 is 0 Å². The molecule has 0 rings (SSSR count). The van der Waals surface area contributed by atoms with Gasteiger partial charge in [0.15, 0.2) is 12.2 Å². The maximum absolute atomic E-state index is 13.1. The lowest BCUT2D eigenvalue weighted by molar-refractivity contribution is -0.161. The number of hydrogen-bond acceptors (Lipinski definition) is 15. The highest BCUT2D eigenvalue weighted by Gasteiger charge is 2.30. The number of esters is 4. The molecule has 0 aliphatic rings. The summed E-state index contributed by atoms with van der Waals surface area (Å²) in [5.41, 5.74) is 0. The van der Waals surface area contributed by atoms with Gasteiger partial charge in [0.25, 0.3) is 0 Å². The number of unbranched alkanes of at least 4 members (excludes halogenated alkanes) is 54. The van der Waals surface area contributed by atoms with Crippen molar-refractivity contribution in [3.63, 3.8) is 0 Å². The number of phosphoric acid groups is 2. The van der Waals surface area contributed by atoms with Crippen LogP contribution in [0.2, 0.25) is 0 Å². The molecule has 0 aliphatic heterocycles. The quantitative estimate of drug-likeness (QED) is 0.0222. The lowest BCUT2D eigenvalue weighted by Crippen LogP contribution is -2.30. The van der Waals surface area contributed by atoms with Crippen LogP contribution >= 0.6 is 15.6 Å². The highest BCUT2D eigenvalue weighted by molar-refractivity contribution is 7.47. The van der Waals surface area contributed by atoms with Gasteiger partial charge in [-0.3, -0.25) is 37.3 Å². The minimum atomic E-state index is -4.96. The number of carbonyl (C=O) groups is 4. The van der Waals surface area contributed by atoms with Gasteiger partial charge in [0.1, 0.15) is 19.3 Å². The van der Waals surface area contributed by atoms with Gasteiger partial charge in [-0.1, -0.05) is 388 Å². The van der Waals surface area contributed by atoms with E-state index in [1.807, 2.05) is 0 Å². The van der Waals surface area contributed by atoms with E-state index in [0.717, 1.165) is 95.8 Å². The average molecular weight is 1480 g/mol. The van der Waals surface area contributed by atoms with Gasteiger partial charge in [0.05, 0.1) is 26.4 Å². The average Bonchev–Trinajstić information content (AvgIpc) is 0.931. The first kappa shape index (κ1) is 99.1. The molecule has 2 unspecified atom stereocenters. The number of rotatable bonds is 82. The summed E-state index contributed by atoms with van der Waals surface area (Å²) in [6.45, 7) is 7.35. The predicted molar refractivity (Wildman–Crippen MR) is 414 cm³/mol. The minimum Gasteiger partial charge on any atom is -0.462 e. The second kappa shape index (κ2) is 74.9. The van der Waals surface area contributed by atoms with Gasteiger partial charge in [0.2, 0.25) is 0 Å². The number of phosphoric ester groups is 2. The Balaban J connectivity index is 5.24. The Labute approximate surface area is 619 Å². The van der Waals surface area contributed by atoms with Crippen molar-refractivity contribution >= 4 is 39.5 Å². The fourth-order valence-electron chi connectivity index (χ4n) is 12.8. The van der Waals surface area contributed by atoms with Crippen molar-refractivity contribution in [2.24, 2.45) is 5.92 Å². The van der Waals surface area contributed by atoms with Crippen molar-refractivity contribution < 1.29 is 80.2 Å². The molecule has 3 N–H and O–H groups in total. The molecule has 5 atom stereocenters. The molecule has 17 nitrogen and oxygen atoms in total. The van der Waals surface area contributed by atoms with Crippen LogP contribution in [-0.2, 0) is 65.4 Å². The Morgan fingerprint density at radius 1 is 0.267 bits per heavy atom. The Morgan fingerprint density at radius 2 is 0.455 bits per heavy atom. The van der Waals surface area contributed by atoms with Crippen molar-refractivity contribution in [3.05, 3.63) is 0 Å². The summed E-state index contributed by atoms with van der Waals surface area (Å²) >= 11 is 0. The third-order valence-electron chi connectivity index (χ3n) is 19.3. The van der Waals surface area contributed by atoms with Crippen LogP contribution in [-0.4, -0.2) is 96.7 Å². The molecule has 19 heteroatoms. The molecule has 600 valence electrons. The summed E-state index contributed by atoms with van der Waals surface area (Å²) in [6.07, 6.45) is 66.5. The first-order valence-electron chi connectivity index (χ1n) is 42.6. The highest BCUT2D eigenvalue weighted by Crippen LogP contribution is 2.45. The van der Waals surface area contributed by atoms with Crippen LogP contribution in [0.5, 0.6) is 0 Å². The van der Waals surface area contributed by atoms with E-state index in [2.05, 4.69) is 34.6 Å². The molecule has 0 aromatic heterocycles. The van der Waals surface area contributed by atoms with Gasteiger partial charge in [-0.2, -0.15) is 0 Å². The Bertz CT molecular complexity index is 1930. The molecule has 0 amide bonds. The van der Waals surface area contributed by atoms with E-state index < -0.39 is 97.5 Å². The molecule has 0 aromatic carbocycles. The summed E-state index contributed by atoms with van der Waals surface area (Å²) < 4.78 is 68.8. The zero-order valence-corrected chi connectivity index (χ0v) is 67.8. The van der Waals surface area contributed by atoms with E-state index in [1.165, 1.54) is 263 Å². The maximum atomic E-state index is 13.1. The Hall–Kier alpha value is -1.94. The molecule has 101 heavy (non-hydrogen) atoms. The molecule has 0 radical (unpaired) electrons. The first-order valence-corrected chi connectivity index (χ1v) is 45.6. The van der Waals surface area contributed by atoms with Crippen molar-refractivity contribution in [2.75, 3.05) is 39.6 Å². The van der Waals surface area contributed by atoms with Crippen LogP contribution in [0.1, 0.15) is 439 Å². The largest absolute Gasteiger partial charge is 0.472 e. The minimum absolute atomic E-state index is 0.108. The van der Waals surface area contributed by atoms with Gasteiger partial charge < -0.3 is 33.8 Å². The van der Waals surface area contributed by atoms with Gasteiger partial charge in [0, 0.05) is 25.7 Å². The zero-order chi connectivity index (χ0) is 74.1. The van der Waals surface area contributed by atoms with Gasteiger partial charge in [-0.25, -0.2) is 9.13 Å². The molecule has 0 aromatic rings. The van der Waals surface area contributed by atoms with Crippen LogP contribution in [0, 0.1) is 5.92 Å². The Kier molecular flexibility index (Phi) is 73.5. The molecule has 0 fully saturated rings. The molecular formula is C82H160O17P2. The first-order chi connectivity index (χ1) is 49.0. The standard InChI is InChI=1S/C82H160O17P2/c1-6-9-12-15-18-21-24-26-28-30-32-34-38-42-47-52-57-62-67-81(86)99-78(72-93-80(85)66-61-56-51-46-41-37-33-31-29-27-25-22-19-16-13-10-7-2)74-97-101(90,91)95-70-76(83)69-94-100(88,89)96-73-77(71-92-79(84)65-60-55-50-45-23-20-17-14-11-8-3)98-82(87)68-63-58-53-48-43-39-35-36-40-44-49-54-59-64-75(4)5/h75-78,83H,6-74H2,1-5H3,(H,88,89)(H,90,91)/t76-,77+,78+/m0/s1. The predicted octanol–water partition coefficient (Wildman–Crippen LogP) is 24.8. The zero-order valence-electron chi connectivity index (χ0n) is 66.1. The third kappa shape index (κ3) is 76.1. The molecule has 0 saturated heterocycles. The van der Waals surface area contributed by atoms with Gasteiger partial charge in [-0.15, -0.1) is 0 Å². The normalized spacial score (nSPS) is 13.8. The van der Waals surface area contributed by atoms with E-state index in [-0.39, 0.29) is 25.7 Å². The summed E-state index contributed by atoms with van der Waals surface area (Å²) in [4.78, 5) is 73.1. The lowest BCUT2D eigenvalue weighted by atomic mass is 10.0. The van der Waals surface area contributed by atoms with E-state index in [1.54, 1.807) is 0 Å². The SMILES string of the molecule is CCCCCCCCCCCCCCCCCCCCC(=O)O[C@H](COC(=O)CCCCCCCCCCCCCCCCCCC)COP(=O)(O)OC[C@@H](O)COP(=O)(O)OC[C@@H](COC(=O)CCCCCCCCCCCC)OC(=O)CCCCCCCCCCCCCCCC(C)C. The monoisotopic (exact) mass is 1480 g/mol. The number of aliphatic hydroxyl groups excluding tert-OH is 1. The second-order valence-electron chi connectivity index (χ2n) is 30.0. The molecule has 0 bridgehead atoms. The lowest BCUT2D eigenvalue weighted by Gasteiger charge is -2.21. The van der Waals surface area contributed by atoms with Crippen LogP contribution in [0.25, 0.3) is 0 Å².